The topological polar surface area (TPSA) is 104 Å². The number of nitro groups is 1. The molecule has 0 fully saturated rings. The molecular formula is C6H5KNO5P. The predicted molar refractivity (Wildman–Crippen MR) is 42.6 cm³/mol. The molecule has 0 aliphatic carbocycles. The molecule has 0 saturated heterocycles. The first kappa shape index (κ1) is 14.4. The van der Waals surface area contributed by atoms with E-state index < -0.39 is 12.5 Å². The van der Waals surface area contributed by atoms with Crippen LogP contribution < -0.4 is 61.6 Å². The molecule has 0 radical (unpaired) electrons. The first-order valence-electron chi connectivity index (χ1n) is 3.20. The van der Waals surface area contributed by atoms with Crippen LogP contribution in [0.4, 0.5) is 5.69 Å². The second-order valence-electron chi connectivity index (χ2n) is 2.29. The number of nitro benzene ring substituents is 1. The Morgan fingerprint density at radius 2 is 1.71 bits per heavy atom. The molecule has 0 aliphatic heterocycles. The number of non-ortho nitro benzene ring substituents is 1. The molecule has 1 atom stereocenters. The van der Waals surface area contributed by atoms with Crippen molar-refractivity contribution in [2.24, 2.45) is 0 Å². The van der Waals surface area contributed by atoms with Gasteiger partial charge in [0.25, 0.3) is 5.69 Å². The van der Waals surface area contributed by atoms with E-state index in [2.05, 4.69) is 0 Å². The molecular weight excluding hydrogens is 236 g/mol. The van der Waals surface area contributed by atoms with Crippen LogP contribution in [-0.4, -0.2) is 9.82 Å². The van der Waals surface area contributed by atoms with Gasteiger partial charge in [0.05, 0.1) is 4.92 Å². The van der Waals surface area contributed by atoms with Crippen LogP contribution in [0.3, 0.4) is 0 Å². The minimum absolute atomic E-state index is 0. The van der Waals surface area contributed by atoms with Gasteiger partial charge in [0.15, 0.2) is 7.60 Å². The molecule has 1 N–H and O–H groups in total. The van der Waals surface area contributed by atoms with Crippen molar-refractivity contribution in [2.75, 3.05) is 0 Å². The van der Waals surface area contributed by atoms with Gasteiger partial charge in [0.2, 0.25) is 0 Å². The fourth-order valence-corrected chi connectivity index (χ4v) is 1.29. The zero-order chi connectivity index (χ0) is 10.1. The largest absolute Gasteiger partial charge is 1.00 e. The van der Waals surface area contributed by atoms with Crippen LogP contribution in [-0.2, 0) is 4.57 Å². The average molecular weight is 241 g/mol. The molecule has 14 heavy (non-hydrogen) atoms. The summed E-state index contributed by atoms with van der Waals surface area (Å²) < 4.78 is 10.5. The van der Waals surface area contributed by atoms with E-state index in [1.165, 1.54) is 0 Å². The Labute approximate surface area is 122 Å². The molecule has 0 heterocycles. The van der Waals surface area contributed by atoms with E-state index in [0.29, 0.717) is 0 Å². The maximum absolute atomic E-state index is 10.5. The van der Waals surface area contributed by atoms with Gasteiger partial charge in [0, 0.05) is 17.4 Å². The van der Waals surface area contributed by atoms with Gasteiger partial charge >= 0.3 is 51.4 Å². The Hall–Kier alpha value is 0.406. The van der Waals surface area contributed by atoms with Crippen molar-refractivity contribution < 1.29 is 70.7 Å². The molecule has 1 rings (SSSR count). The van der Waals surface area contributed by atoms with Crippen LogP contribution in [0.25, 0.3) is 0 Å². The fraction of sp³-hybridized carbons (Fsp3) is 0. The van der Waals surface area contributed by atoms with Gasteiger partial charge in [-0.05, 0) is 12.1 Å². The molecule has 0 spiro atoms. The third-order valence-electron chi connectivity index (χ3n) is 1.39. The van der Waals surface area contributed by atoms with Crippen molar-refractivity contribution in [2.45, 2.75) is 0 Å². The summed E-state index contributed by atoms with van der Waals surface area (Å²) in [5.74, 6) is 0. The van der Waals surface area contributed by atoms with Crippen molar-refractivity contribution in [3.63, 3.8) is 0 Å². The van der Waals surface area contributed by atoms with Crippen molar-refractivity contribution >= 4 is 18.6 Å². The smallest absolute Gasteiger partial charge is 0.775 e. The molecule has 0 bridgehead atoms. The van der Waals surface area contributed by atoms with E-state index in [4.69, 9.17) is 4.89 Å². The van der Waals surface area contributed by atoms with Crippen molar-refractivity contribution in [1.29, 1.82) is 0 Å². The predicted octanol–water partition coefficient (Wildman–Crippen LogP) is -3.23. The monoisotopic (exact) mass is 241 g/mol. The van der Waals surface area contributed by atoms with Crippen LogP contribution in [0.15, 0.2) is 24.3 Å². The van der Waals surface area contributed by atoms with E-state index in [0.717, 1.165) is 24.3 Å². The summed E-state index contributed by atoms with van der Waals surface area (Å²) in [6.07, 6.45) is 0. The van der Waals surface area contributed by atoms with Crippen molar-refractivity contribution in [1.82, 2.24) is 0 Å². The first-order chi connectivity index (χ1) is 5.91. The van der Waals surface area contributed by atoms with Crippen molar-refractivity contribution in [3.8, 4) is 0 Å². The zero-order valence-corrected chi connectivity index (χ0v) is 11.3. The molecule has 0 saturated carbocycles. The van der Waals surface area contributed by atoms with E-state index in [-0.39, 0.29) is 62.4 Å². The summed E-state index contributed by atoms with van der Waals surface area (Å²) in [4.78, 5) is 28.6. The summed E-state index contributed by atoms with van der Waals surface area (Å²) in [7, 11) is -4.54. The van der Waals surface area contributed by atoms with Crippen LogP contribution in [0.5, 0.6) is 0 Å². The van der Waals surface area contributed by atoms with E-state index in [1.807, 2.05) is 0 Å². The minimum Gasteiger partial charge on any atom is -0.775 e. The summed E-state index contributed by atoms with van der Waals surface area (Å²) in [5, 5.41) is 9.82. The van der Waals surface area contributed by atoms with Crippen LogP contribution in [0.1, 0.15) is 0 Å². The molecule has 0 aliphatic rings. The van der Waals surface area contributed by atoms with Gasteiger partial charge in [-0.2, -0.15) is 0 Å². The molecule has 1 aromatic rings. The second kappa shape index (κ2) is 5.48. The van der Waals surface area contributed by atoms with E-state index in [1.54, 1.807) is 0 Å². The first-order valence-corrected chi connectivity index (χ1v) is 4.78. The standard InChI is InChI=1S/C6H6NO5P.K/c8-7(9)5-1-3-6(4-2-5)13(10,11)12;/h1-4H,(H2,10,11,12);/q;+1/p-1. The Balaban J connectivity index is 0.00000169. The van der Waals surface area contributed by atoms with Gasteiger partial charge in [-0.25, -0.2) is 0 Å². The Kier molecular flexibility index (Phi) is 5.64. The Morgan fingerprint density at radius 3 is 2.00 bits per heavy atom. The fourth-order valence-electron chi connectivity index (χ4n) is 0.763. The van der Waals surface area contributed by atoms with Crippen LogP contribution in [0.2, 0.25) is 0 Å². The maximum Gasteiger partial charge on any atom is 1.00 e. The molecule has 8 heteroatoms. The number of nitrogens with zero attached hydrogens (tertiary/aromatic N) is 1. The van der Waals surface area contributed by atoms with Gasteiger partial charge in [-0.3, -0.25) is 10.1 Å². The summed E-state index contributed by atoms with van der Waals surface area (Å²) in [6, 6.07) is 3.98. The van der Waals surface area contributed by atoms with Gasteiger partial charge in [-0.1, -0.05) is 0 Å². The van der Waals surface area contributed by atoms with E-state index in [9.17, 15) is 19.6 Å². The summed E-state index contributed by atoms with van der Waals surface area (Å²) in [6.45, 7) is 0. The van der Waals surface area contributed by atoms with Gasteiger partial charge in [0.1, 0.15) is 0 Å². The second-order valence-corrected chi connectivity index (χ2v) is 3.85. The Morgan fingerprint density at radius 1 is 1.29 bits per heavy atom. The molecule has 6 nitrogen and oxygen atoms in total. The third kappa shape index (κ3) is 3.88. The SMILES string of the molecule is O=[N+]([O-])c1ccc(P(=O)([O-])O)cc1.[K+]. The Bertz CT molecular complexity index is 372. The third-order valence-corrected chi connectivity index (χ3v) is 2.34. The molecule has 70 valence electrons. The average Bonchev–Trinajstić information content (AvgIpc) is 2.03. The van der Waals surface area contributed by atoms with Crippen LogP contribution >= 0.6 is 7.60 Å². The normalized spacial score (nSPS) is 13.9. The maximum atomic E-state index is 10.5. The van der Waals surface area contributed by atoms with Crippen LogP contribution in [0, 0.1) is 10.1 Å². The molecule has 0 amide bonds. The minimum atomic E-state index is -4.54. The molecule has 1 aromatic carbocycles. The van der Waals surface area contributed by atoms with E-state index >= 15 is 0 Å². The molecule has 1 unspecified atom stereocenters. The summed E-state index contributed by atoms with van der Waals surface area (Å²) in [5.41, 5.74) is -0.225. The quantitative estimate of drug-likeness (QED) is 0.254. The van der Waals surface area contributed by atoms with Gasteiger partial charge in [-0.15, -0.1) is 0 Å². The zero-order valence-electron chi connectivity index (χ0n) is 7.28. The number of rotatable bonds is 2. The number of hydrogen-bond donors (Lipinski definition) is 1. The molecule has 0 aromatic heterocycles. The number of hydrogen-bond acceptors (Lipinski definition) is 4. The number of benzene rings is 1. The van der Waals surface area contributed by atoms with Gasteiger partial charge < -0.3 is 14.4 Å². The van der Waals surface area contributed by atoms with Crippen molar-refractivity contribution in [3.05, 3.63) is 34.4 Å². The summed E-state index contributed by atoms with van der Waals surface area (Å²) >= 11 is 0.